The van der Waals surface area contributed by atoms with Gasteiger partial charge in [0.05, 0.1) is 12.6 Å². The van der Waals surface area contributed by atoms with Gasteiger partial charge in [0.15, 0.2) is 5.82 Å². The molecular formula is C16H14FN5O2. The van der Waals surface area contributed by atoms with E-state index in [0.29, 0.717) is 29.0 Å². The highest BCUT2D eigenvalue weighted by atomic mass is 19.1. The van der Waals surface area contributed by atoms with Crippen molar-refractivity contribution in [1.82, 2.24) is 19.9 Å². The van der Waals surface area contributed by atoms with Gasteiger partial charge in [0.1, 0.15) is 17.3 Å². The molecule has 0 atom stereocenters. The molecule has 3 aromatic rings. The van der Waals surface area contributed by atoms with Crippen LogP contribution >= 0.6 is 0 Å². The van der Waals surface area contributed by atoms with E-state index in [2.05, 4.69) is 19.9 Å². The number of aromatic nitrogens is 4. The van der Waals surface area contributed by atoms with Crippen LogP contribution < -0.4 is 4.90 Å². The summed E-state index contributed by atoms with van der Waals surface area (Å²) in [5.74, 6) is -0.0434. The van der Waals surface area contributed by atoms with Crippen LogP contribution in [0.5, 0.6) is 0 Å². The SMILES string of the molecule is O=C(O)CCN1CCc2cnc(-c3c[nH]c4ncc(F)cc34)nc21. The number of hydrogen-bond acceptors (Lipinski definition) is 5. The molecule has 4 rings (SSSR count). The van der Waals surface area contributed by atoms with Crippen LogP contribution in [0.3, 0.4) is 0 Å². The molecule has 0 unspecified atom stereocenters. The van der Waals surface area contributed by atoms with Crippen LogP contribution in [0.25, 0.3) is 22.4 Å². The van der Waals surface area contributed by atoms with Gasteiger partial charge < -0.3 is 15.0 Å². The van der Waals surface area contributed by atoms with E-state index in [4.69, 9.17) is 5.11 Å². The Bertz CT molecular complexity index is 939. The number of H-pyrrole nitrogens is 1. The van der Waals surface area contributed by atoms with Gasteiger partial charge in [0, 0.05) is 42.0 Å². The molecule has 0 spiro atoms. The van der Waals surface area contributed by atoms with Gasteiger partial charge in [0.2, 0.25) is 0 Å². The molecule has 0 amide bonds. The Morgan fingerprint density at radius 3 is 3.08 bits per heavy atom. The number of rotatable bonds is 4. The molecule has 1 aliphatic rings. The third-order valence-corrected chi connectivity index (χ3v) is 4.13. The second kappa shape index (κ2) is 5.55. The summed E-state index contributed by atoms with van der Waals surface area (Å²) in [6, 6.07) is 1.40. The number of pyridine rings is 1. The number of fused-ring (bicyclic) bond motifs is 2. The molecule has 0 bridgehead atoms. The van der Waals surface area contributed by atoms with E-state index in [9.17, 15) is 9.18 Å². The van der Waals surface area contributed by atoms with Crippen molar-refractivity contribution in [3.8, 4) is 11.4 Å². The van der Waals surface area contributed by atoms with Crippen molar-refractivity contribution in [2.24, 2.45) is 0 Å². The molecule has 8 heteroatoms. The molecule has 0 aromatic carbocycles. The van der Waals surface area contributed by atoms with Crippen LogP contribution in [-0.4, -0.2) is 44.1 Å². The van der Waals surface area contributed by atoms with Crippen LogP contribution in [0, 0.1) is 5.82 Å². The monoisotopic (exact) mass is 327 g/mol. The van der Waals surface area contributed by atoms with Crippen molar-refractivity contribution in [2.45, 2.75) is 12.8 Å². The minimum absolute atomic E-state index is 0.0565. The van der Waals surface area contributed by atoms with Crippen LogP contribution in [0.1, 0.15) is 12.0 Å². The number of nitrogens with zero attached hydrogens (tertiary/aromatic N) is 4. The highest BCUT2D eigenvalue weighted by molar-refractivity contribution is 5.91. The Morgan fingerprint density at radius 1 is 1.38 bits per heavy atom. The van der Waals surface area contributed by atoms with E-state index >= 15 is 0 Å². The molecule has 0 saturated carbocycles. The summed E-state index contributed by atoms with van der Waals surface area (Å²) in [4.78, 5) is 28.7. The summed E-state index contributed by atoms with van der Waals surface area (Å²) >= 11 is 0. The molecule has 4 heterocycles. The molecule has 7 nitrogen and oxygen atoms in total. The molecule has 0 aliphatic carbocycles. The van der Waals surface area contributed by atoms with E-state index in [1.165, 1.54) is 6.07 Å². The Kier molecular flexibility index (Phi) is 3.37. The fourth-order valence-electron chi connectivity index (χ4n) is 2.95. The summed E-state index contributed by atoms with van der Waals surface area (Å²) in [6.45, 7) is 1.13. The maximum absolute atomic E-state index is 13.5. The predicted octanol–water partition coefficient (Wildman–Crippen LogP) is 2.00. The van der Waals surface area contributed by atoms with Gasteiger partial charge in [0.25, 0.3) is 0 Å². The Labute approximate surface area is 136 Å². The minimum atomic E-state index is -0.837. The lowest BCUT2D eigenvalue weighted by Crippen LogP contribution is -2.24. The van der Waals surface area contributed by atoms with Gasteiger partial charge in [-0.15, -0.1) is 0 Å². The van der Waals surface area contributed by atoms with Gasteiger partial charge in [-0.25, -0.2) is 19.3 Å². The third kappa shape index (κ3) is 2.45. The molecule has 0 saturated heterocycles. The first-order chi connectivity index (χ1) is 11.6. The smallest absolute Gasteiger partial charge is 0.305 e. The number of carboxylic acid groups (broad SMARTS) is 1. The number of hydrogen-bond donors (Lipinski definition) is 2. The van der Waals surface area contributed by atoms with E-state index in [-0.39, 0.29) is 6.42 Å². The summed E-state index contributed by atoms with van der Waals surface area (Å²) in [6.07, 6.45) is 5.46. The third-order valence-electron chi connectivity index (χ3n) is 4.13. The zero-order chi connectivity index (χ0) is 16.7. The van der Waals surface area contributed by atoms with Crippen molar-refractivity contribution >= 4 is 22.8 Å². The normalized spacial score (nSPS) is 13.5. The standard InChI is InChI=1S/C16H14FN5O2/c17-10-5-11-12(8-20-14(11)19-7-10)15-18-6-9-1-3-22(16(9)21-15)4-2-13(23)24/h5-8H,1-4H2,(H,19,20)(H,23,24). The topological polar surface area (TPSA) is 95.0 Å². The number of halogens is 1. The van der Waals surface area contributed by atoms with E-state index in [1.807, 2.05) is 4.90 Å². The van der Waals surface area contributed by atoms with E-state index in [1.54, 1.807) is 12.4 Å². The van der Waals surface area contributed by atoms with E-state index < -0.39 is 11.8 Å². The predicted molar refractivity (Wildman–Crippen MR) is 85.2 cm³/mol. The molecular weight excluding hydrogens is 313 g/mol. The lowest BCUT2D eigenvalue weighted by molar-refractivity contribution is -0.136. The minimum Gasteiger partial charge on any atom is -0.481 e. The highest BCUT2D eigenvalue weighted by Crippen LogP contribution is 2.30. The maximum Gasteiger partial charge on any atom is 0.305 e. The molecule has 24 heavy (non-hydrogen) atoms. The summed E-state index contributed by atoms with van der Waals surface area (Å²) in [7, 11) is 0. The summed E-state index contributed by atoms with van der Waals surface area (Å²) in [5, 5.41) is 9.48. The van der Waals surface area contributed by atoms with Crippen molar-refractivity contribution in [1.29, 1.82) is 0 Å². The van der Waals surface area contributed by atoms with Gasteiger partial charge in [-0.3, -0.25) is 4.79 Å². The molecule has 122 valence electrons. The maximum atomic E-state index is 13.5. The molecule has 1 aliphatic heterocycles. The Morgan fingerprint density at radius 2 is 2.25 bits per heavy atom. The van der Waals surface area contributed by atoms with Crippen LogP contribution in [0.15, 0.2) is 24.7 Å². The van der Waals surface area contributed by atoms with Crippen molar-refractivity contribution in [2.75, 3.05) is 18.0 Å². The quantitative estimate of drug-likeness (QED) is 0.761. The number of aromatic amines is 1. The van der Waals surface area contributed by atoms with Crippen LogP contribution in [0.4, 0.5) is 10.2 Å². The molecule has 0 radical (unpaired) electrons. The van der Waals surface area contributed by atoms with Gasteiger partial charge in [-0.1, -0.05) is 0 Å². The highest BCUT2D eigenvalue weighted by Gasteiger charge is 2.23. The molecule has 2 N–H and O–H groups in total. The fourth-order valence-corrected chi connectivity index (χ4v) is 2.95. The zero-order valence-electron chi connectivity index (χ0n) is 12.7. The summed E-state index contributed by atoms with van der Waals surface area (Å²) < 4.78 is 13.5. The second-order valence-corrected chi connectivity index (χ2v) is 5.68. The van der Waals surface area contributed by atoms with Gasteiger partial charge >= 0.3 is 5.97 Å². The van der Waals surface area contributed by atoms with Crippen molar-refractivity contribution < 1.29 is 14.3 Å². The van der Waals surface area contributed by atoms with Crippen LogP contribution in [0.2, 0.25) is 0 Å². The zero-order valence-corrected chi connectivity index (χ0v) is 12.7. The lowest BCUT2D eigenvalue weighted by Gasteiger charge is -2.17. The average molecular weight is 327 g/mol. The van der Waals surface area contributed by atoms with Crippen LogP contribution in [-0.2, 0) is 11.2 Å². The number of nitrogens with one attached hydrogen (secondary N) is 1. The van der Waals surface area contributed by atoms with E-state index in [0.717, 1.165) is 30.5 Å². The lowest BCUT2D eigenvalue weighted by atomic mass is 10.2. The van der Waals surface area contributed by atoms with Gasteiger partial charge in [-0.2, -0.15) is 0 Å². The van der Waals surface area contributed by atoms with Gasteiger partial charge in [-0.05, 0) is 12.5 Å². The average Bonchev–Trinajstić information content (AvgIpc) is 3.15. The number of aliphatic carboxylic acids is 1. The number of carboxylic acids is 1. The summed E-state index contributed by atoms with van der Waals surface area (Å²) in [5.41, 5.74) is 2.23. The Hall–Kier alpha value is -3.03. The molecule has 0 fully saturated rings. The number of carbonyl (C=O) groups is 1. The second-order valence-electron chi connectivity index (χ2n) is 5.68. The first-order valence-corrected chi connectivity index (χ1v) is 7.57. The largest absolute Gasteiger partial charge is 0.481 e. The van der Waals surface area contributed by atoms with Crippen molar-refractivity contribution in [3.05, 3.63) is 36.0 Å². The Balaban J connectivity index is 1.73. The van der Waals surface area contributed by atoms with Crippen molar-refractivity contribution in [3.63, 3.8) is 0 Å². The number of anilines is 1. The fraction of sp³-hybridized carbons (Fsp3) is 0.250. The first kappa shape index (κ1) is 14.6. The molecule has 3 aromatic heterocycles. The first-order valence-electron chi connectivity index (χ1n) is 7.57.